The van der Waals surface area contributed by atoms with Crippen LogP contribution in [0.3, 0.4) is 0 Å². The van der Waals surface area contributed by atoms with Gasteiger partial charge in [0, 0.05) is 5.39 Å². The van der Waals surface area contributed by atoms with Gasteiger partial charge in [-0.05, 0) is 19.1 Å². The number of hydrogen-bond donors (Lipinski definition) is 0. The molecule has 0 aliphatic heterocycles. The van der Waals surface area contributed by atoms with Gasteiger partial charge >= 0.3 is 5.97 Å². The Morgan fingerprint density at radius 1 is 1.43 bits per heavy atom. The third-order valence-electron chi connectivity index (χ3n) is 2.13. The molecule has 1 heterocycles. The molecule has 72 valence electrons. The molecule has 0 atom stereocenters. The van der Waals surface area contributed by atoms with Crippen molar-refractivity contribution in [3.8, 4) is 0 Å². The summed E-state index contributed by atoms with van der Waals surface area (Å²) in [4.78, 5) is 11.3. The molecule has 0 bridgehead atoms. The zero-order chi connectivity index (χ0) is 10.1. The molecule has 0 saturated heterocycles. The first-order chi connectivity index (χ1) is 6.72. The van der Waals surface area contributed by atoms with Crippen molar-refractivity contribution in [3.63, 3.8) is 0 Å². The lowest BCUT2D eigenvalue weighted by atomic mass is 10.1. The number of aryl methyl sites for hydroxylation is 1. The fourth-order valence-corrected chi connectivity index (χ4v) is 1.41. The molecule has 0 unspecified atom stereocenters. The summed E-state index contributed by atoms with van der Waals surface area (Å²) in [5, 5.41) is 0.803. The second-order valence-corrected chi connectivity index (χ2v) is 3.14. The lowest BCUT2D eigenvalue weighted by molar-refractivity contribution is 0.0602. The highest BCUT2D eigenvalue weighted by Crippen LogP contribution is 2.22. The maximum atomic E-state index is 11.3. The van der Waals surface area contributed by atoms with Crippen LogP contribution in [0.2, 0.25) is 0 Å². The number of carbonyl (C=O) groups excluding carboxylic acids is 1. The summed E-state index contributed by atoms with van der Waals surface area (Å²) in [5.41, 5.74) is 2.27. The fourth-order valence-electron chi connectivity index (χ4n) is 1.41. The minimum atomic E-state index is -0.366. The Morgan fingerprint density at radius 2 is 2.21 bits per heavy atom. The fraction of sp³-hybridized carbons (Fsp3) is 0.182. The van der Waals surface area contributed by atoms with Gasteiger partial charge in [-0.25, -0.2) is 4.79 Å². The normalized spacial score (nSPS) is 10.4. The maximum Gasteiger partial charge on any atom is 0.341 e. The molecule has 14 heavy (non-hydrogen) atoms. The first-order valence-corrected chi connectivity index (χ1v) is 4.28. The third-order valence-corrected chi connectivity index (χ3v) is 2.13. The molecule has 1 aromatic heterocycles. The van der Waals surface area contributed by atoms with E-state index in [0.717, 1.165) is 10.9 Å². The SMILES string of the molecule is COC(=O)c1coc2ccc(C)cc12. The number of benzene rings is 1. The van der Waals surface area contributed by atoms with E-state index in [1.165, 1.54) is 13.4 Å². The number of furan rings is 1. The number of fused-ring (bicyclic) bond motifs is 1. The van der Waals surface area contributed by atoms with Crippen molar-refractivity contribution in [2.45, 2.75) is 6.92 Å². The Kier molecular flexibility index (Phi) is 2.00. The van der Waals surface area contributed by atoms with E-state index in [0.29, 0.717) is 11.1 Å². The summed E-state index contributed by atoms with van der Waals surface area (Å²) in [7, 11) is 1.36. The summed E-state index contributed by atoms with van der Waals surface area (Å²) in [6, 6.07) is 5.69. The van der Waals surface area contributed by atoms with Crippen LogP contribution in [0.15, 0.2) is 28.9 Å². The van der Waals surface area contributed by atoms with Gasteiger partial charge < -0.3 is 9.15 Å². The van der Waals surface area contributed by atoms with Gasteiger partial charge in [-0.3, -0.25) is 0 Å². The topological polar surface area (TPSA) is 39.4 Å². The van der Waals surface area contributed by atoms with E-state index < -0.39 is 0 Å². The molecule has 0 aliphatic carbocycles. The molecule has 0 saturated carbocycles. The van der Waals surface area contributed by atoms with Crippen molar-refractivity contribution < 1.29 is 13.9 Å². The first kappa shape index (κ1) is 8.81. The largest absolute Gasteiger partial charge is 0.465 e. The molecule has 0 radical (unpaired) electrons. The van der Waals surface area contributed by atoms with Crippen molar-refractivity contribution >= 4 is 16.9 Å². The molecule has 3 heteroatoms. The number of carbonyl (C=O) groups is 1. The van der Waals surface area contributed by atoms with Crippen LogP contribution in [-0.4, -0.2) is 13.1 Å². The van der Waals surface area contributed by atoms with Crippen LogP contribution in [0, 0.1) is 6.92 Å². The van der Waals surface area contributed by atoms with Crippen LogP contribution in [0.4, 0.5) is 0 Å². The summed E-state index contributed by atoms with van der Waals surface area (Å²) >= 11 is 0. The number of esters is 1. The zero-order valence-electron chi connectivity index (χ0n) is 8.03. The van der Waals surface area contributed by atoms with E-state index >= 15 is 0 Å². The summed E-state index contributed by atoms with van der Waals surface area (Å²) in [5.74, 6) is -0.366. The van der Waals surface area contributed by atoms with Crippen LogP contribution < -0.4 is 0 Å². The highest BCUT2D eigenvalue weighted by molar-refractivity contribution is 6.03. The second kappa shape index (κ2) is 3.18. The van der Waals surface area contributed by atoms with Gasteiger partial charge in [0.1, 0.15) is 17.4 Å². The van der Waals surface area contributed by atoms with E-state index in [2.05, 4.69) is 4.74 Å². The molecular weight excluding hydrogens is 180 g/mol. The Hall–Kier alpha value is -1.77. The van der Waals surface area contributed by atoms with Crippen molar-refractivity contribution in [3.05, 3.63) is 35.6 Å². The smallest absolute Gasteiger partial charge is 0.341 e. The average Bonchev–Trinajstić information content (AvgIpc) is 2.59. The molecule has 2 rings (SSSR count). The van der Waals surface area contributed by atoms with Crippen LogP contribution in [0.5, 0.6) is 0 Å². The lowest BCUT2D eigenvalue weighted by Crippen LogP contribution is -1.99. The van der Waals surface area contributed by atoms with Gasteiger partial charge in [-0.15, -0.1) is 0 Å². The van der Waals surface area contributed by atoms with E-state index in [-0.39, 0.29) is 5.97 Å². The van der Waals surface area contributed by atoms with Crippen LogP contribution in [0.1, 0.15) is 15.9 Å². The average molecular weight is 190 g/mol. The minimum Gasteiger partial charge on any atom is -0.465 e. The van der Waals surface area contributed by atoms with Crippen molar-refractivity contribution in [2.24, 2.45) is 0 Å². The standard InChI is InChI=1S/C11H10O3/c1-7-3-4-10-8(5-7)9(6-14-10)11(12)13-2/h3-6H,1-2H3. The van der Waals surface area contributed by atoms with E-state index in [9.17, 15) is 4.79 Å². The van der Waals surface area contributed by atoms with E-state index in [1.807, 2.05) is 25.1 Å². The molecular formula is C11H10O3. The summed E-state index contributed by atoms with van der Waals surface area (Å²) < 4.78 is 9.87. The second-order valence-electron chi connectivity index (χ2n) is 3.14. The van der Waals surface area contributed by atoms with Crippen LogP contribution in [0.25, 0.3) is 11.0 Å². The Bertz CT molecular complexity index is 482. The molecule has 3 nitrogen and oxygen atoms in total. The van der Waals surface area contributed by atoms with Crippen LogP contribution in [-0.2, 0) is 4.74 Å². The van der Waals surface area contributed by atoms with E-state index in [1.54, 1.807) is 0 Å². The number of methoxy groups -OCH3 is 1. The molecule has 0 spiro atoms. The van der Waals surface area contributed by atoms with Gasteiger partial charge in [0.15, 0.2) is 0 Å². The van der Waals surface area contributed by atoms with Gasteiger partial charge in [-0.2, -0.15) is 0 Å². The molecule has 0 amide bonds. The van der Waals surface area contributed by atoms with Gasteiger partial charge in [0.2, 0.25) is 0 Å². The number of ether oxygens (including phenoxy) is 1. The highest BCUT2D eigenvalue weighted by Gasteiger charge is 2.13. The van der Waals surface area contributed by atoms with E-state index in [4.69, 9.17) is 4.42 Å². The maximum absolute atomic E-state index is 11.3. The summed E-state index contributed by atoms with van der Waals surface area (Å²) in [6.07, 6.45) is 1.43. The highest BCUT2D eigenvalue weighted by atomic mass is 16.5. The van der Waals surface area contributed by atoms with Crippen molar-refractivity contribution in [1.29, 1.82) is 0 Å². The predicted molar refractivity (Wildman–Crippen MR) is 52.3 cm³/mol. The Balaban J connectivity index is 2.67. The lowest BCUT2D eigenvalue weighted by Gasteiger charge is -1.95. The van der Waals surface area contributed by atoms with Gasteiger partial charge in [0.05, 0.1) is 7.11 Å². The zero-order valence-corrected chi connectivity index (χ0v) is 8.03. The molecule has 0 fully saturated rings. The molecule has 0 N–H and O–H groups in total. The molecule has 0 aliphatic rings. The van der Waals surface area contributed by atoms with Gasteiger partial charge in [0.25, 0.3) is 0 Å². The minimum absolute atomic E-state index is 0.366. The Morgan fingerprint density at radius 3 is 2.93 bits per heavy atom. The Labute approximate surface area is 81.3 Å². The quantitative estimate of drug-likeness (QED) is 0.648. The third kappa shape index (κ3) is 1.27. The first-order valence-electron chi connectivity index (χ1n) is 4.28. The van der Waals surface area contributed by atoms with Crippen LogP contribution >= 0.6 is 0 Å². The number of rotatable bonds is 1. The number of hydrogen-bond acceptors (Lipinski definition) is 3. The summed E-state index contributed by atoms with van der Waals surface area (Å²) in [6.45, 7) is 1.97. The van der Waals surface area contributed by atoms with Gasteiger partial charge in [-0.1, -0.05) is 11.6 Å². The van der Waals surface area contributed by atoms with Crippen molar-refractivity contribution in [1.82, 2.24) is 0 Å². The predicted octanol–water partition coefficient (Wildman–Crippen LogP) is 2.53. The van der Waals surface area contributed by atoms with Crippen molar-refractivity contribution in [2.75, 3.05) is 7.11 Å². The molecule has 1 aromatic carbocycles. The monoisotopic (exact) mass is 190 g/mol. The molecule has 2 aromatic rings.